The van der Waals surface area contributed by atoms with Crippen LogP contribution in [0.15, 0.2) is 0 Å². The summed E-state index contributed by atoms with van der Waals surface area (Å²) in [6.07, 6.45) is -0.258. The van der Waals surface area contributed by atoms with Crippen molar-refractivity contribution in [3.63, 3.8) is 0 Å². The van der Waals surface area contributed by atoms with Crippen molar-refractivity contribution < 1.29 is 19.2 Å². The van der Waals surface area contributed by atoms with Crippen molar-refractivity contribution in [2.45, 2.75) is 25.8 Å². The van der Waals surface area contributed by atoms with Crippen LogP contribution in [0.25, 0.3) is 0 Å². The zero-order chi connectivity index (χ0) is 16.0. The zero-order valence-corrected chi connectivity index (χ0v) is 12.3. The molecule has 0 aromatic carbocycles. The molecule has 0 radical (unpaired) electrons. The van der Waals surface area contributed by atoms with Gasteiger partial charge in [0.1, 0.15) is 10.9 Å². The molecule has 0 aliphatic rings. The number of hydrogen-bond acceptors (Lipinski definition) is 7. The van der Waals surface area contributed by atoms with Crippen molar-refractivity contribution in [3.05, 3.63) is 10.6 Å². The van der Waals surface area contributed by atoms with Crippen LogP contribution in [0, 0.1) is 6.92 Å². The fraction of sp³-hybridized carbons (Fsp3) is 0.455. The molecule has 0 aliphatic heterocycles. The number of carbonyl (C=O) groups is 4. The lowest BCUT2D eigenvalue weighted by Crippen LogP contribution is -2.45. The summed E-state index contributed by atoms with van der Waals surface area (Å²) >= 11 is 0.888. The van der Waals surface area contributed by atoms with Gasteiger partial charge in [0.05, 0.1) is 5.69 Å². The van der Waals surface area contributed by atoms with Gasteiger partial charge in [-0.3, -0.25) is 19.2 Å². The summed E-state index contributed by atoms with van der Waals surface area (Å²) < 4.78 is 3.61. The van der Waals surface area contributed by atoms with Crippen LogP contribution in [-0.2, 0) is 14.4 Å². The number of nitrogens with two attached hydrogens (primary N) is 1. The number of carbonyl (C=O) groups excluding carboxylic acids is 4. The van der Waals surface area contributed by atoms with Gasteiger partial charge in [0, 0.05) is 13.5 Å². The number of aromatic nitrogens is 2. The summed E-state index contributed by atoms with van der Waals surface area (Å²) in [5.74, 6) is -2.78. The molecule has 1 aromatic heterocycles. The van der Waals surface area contributed by atoms with Gasteiger partial charge < -0.3 is 16.4 Å². The van der Waals surface area contributed by atoms with Gasteiger partial charge in [-0.25, -0.2) is 0 Å². The van der Waals surface area contributed by atoms with E-state index in [0.29, 0.717) is 5.69 Å². The van der Waals surface area contributed by atoms with Crippen LogP contribution in [0.1, 0.15) is 28.2 Å². The van der Waals surface area contributed by atoms with E-state index < -0.39 is 29.5 Å². The molecule has 9 nitrogen and oxygen atoms in total. The molecule has 0 bridgehead atoms. The Bertz CT molecular complexity index is 571. The molecule has 0 fully saturated rings. The van der Waals surface area contributed by atoms with Crippen LogP contribution in [0.5, 0.6) is 0 Å². The molecule has 1 heterocycles. The molecule has 4 N–H and O–H groups in total. The Morgan fingerprint density at radius 3 is 2.48 bits per heavy atom. The first-order valence-electron chi connectivity index (χ1n) is 6.00. The maximum atomic E-state index is 11.9. The van der Waals surface area contributed by atoms with Gasteiger partial charge in [-0.05, 0) is 24.9 Å². The lowest BCUT2D eigenvalue weighted by Gasteiger charge is -2.14. The van der Waals surface area contributed by atoms with E-state index >= 15 is 0 Å². The minimum absolute atomic E-state index is 0.0569. The van der Waals surface area contributed by atoms with Gasteiger partial charge in [0.15, 0.2) is 0 Å². The third kappa shape index (κ3) is 4.60. The van der Waals surface area contributed by atoms with Crippen molar-refractivity contribution >= 4 is 35.0 Å². The van der Waals surface area contributed by atoms with Crippen LogP contribution in [-0.4, -0.2) is 46.2 Å². The molecular weight excluding hydrogens is 298 g/mol. The number of ketones is 1. The standard InChI is InChI=1S/C11H15N5O4S/c1-5-8(21-16-15-5)11(20)14-6(9(12)18)3-4-7(17)10(19)13-2/h6H,3-4H2,1-2H3,(H2,12,18)(H,13,19)(H,14,20). The minimum Gasteiger partial charge on any atom is -0.368 e. The lowest BCUT2D eigenvalue weighted by atomic mass is 10.1. The highest BCUT2D eigenvalue weighted by molar-refractivity contribution is 7.08. The molecule has 0 saturated heterocycles. The summed E-state index contributed by atoms with van der Waals surface area (Å²) in [5, 5.41) is 8.27. The Hall–Kier alpha value is -2.36. The predicted molar refractivity (Wildman–Crippen MR) is 73.4 cm³/mol. The second-order valence-electron chi connectivity index (χ2n) is 4.16. The maximum Gasteiger partial charge on any atom is 0.287 e. The van der Waals surface area contributed by atoms with Crippen LogP contribution < -0.4 is 16.4 Å². The fourth-order valence-electron chi connectivity index (χ4n) is 1.48. The van der Waals surface area contributed by atoms with Crippen LogP contribution in [0.4, 0.5) is 0 Å². The molecule has 3 amide bonds. The van der Waals surface area contributed by atoms with Crippen molar-refractivity contribution in [1.82, 2.24) is 20.2 Å². The smallest absolute Gasteiger partial charge is 0.287 e. The van der Waals surface area contributed by atoms with Gasteiger partial charge in [-0.15, -0.1) is 5.10 Å². The van der Waals surface area contributed by atoms with Gasteiger partial charge in [-0.1, -0.05) is 4.49 Å². The van der Waals surface area contributed by atoms with E-state index in [0.717, 1.165) is 11.5 Å². The van der Waals surface area contributed by atoms with E-state index in [4.69, 9.17) is 5.73 Å². The first-order valence-corrected chi connectivity index (χ1v) is 6.78. The molecule has 21 heavy (non-hydrogen) atoms. The first kappa shape index (κ1) is 16.7. The van der Waals surface area contributed by atoms with E-state index in [-0.39, 0.29) is 17.7 Å². The quantitative estimate of drug-likeness (QED) is 0.524. The Kier molecular flexibility index (Phi) is 5.91. The second-order valence-corrected chi connectivity index (χ2v) is 4.91. The lowest BCUT2D eigenvalue weighted by molar-refractivity contribution is -0.137. The van der Waals surface area contributed by atoms with Crippen molar-refractivity contribution in [1.29, 1.82) is 0 Å². The SMILES string of the molecule is CNC(=O)C(=O)CCC(NC(=O)c1snnc1C)C(N)=O. The molecule has 1 aromatic rings. The van der Waals surface area contributed by atoms with Crippen molar-refractivity contribution in [2.24, 2.45) is 5.73 Å². The summed E-state index contributed by atoms with van der Waals surface area (Å²) in [6, 6.07) is -1.05. The highest BCUT2D eigenvalue weighted by atomic mass is 32.1. The monoisotopic (exact) mass is 313 g/mol. The molecule has 1 atom stereocenters. The highest BCUT2D eigenvalue weighted by Gasteiger charge is 2.23. The number of nitrogens with one attached hydrogen (secondary N) is 2. The average molecular weight is 313 g/mol. The number of amides is 3. The van der Waals surface area contributed by atoms with Crippen LogP contribution in [0.3, 0.4) is 0 Å². The number of primary amides is 1. The molecule has 10 heteroatoms. The van der Waals surface area contributed by atoms with Gasteiger partial charge in [-0.2, -0.15) is 0 Å². The van der Waals surface area contributed by atoms with Crippen LogP contribution in [0.2, 0.25) is 0 Å². The third-order valence-electron chi connectivity index (χ3n) is 2.65. The second kappa shape index (κ2) is 7.43. The average Bonchev–Trinajstić information content (AvgIpc) is 2.87. The molecular formula is C11H15N5O4S. The maximum absolute atomic E-state index is 11.9. The minimum atomic E-state index is -1.05. The molecule has 1 unspecified atom stereocenters. The van der Waals surface area contributed by atoms with Crippen LogP contribution >= 0.6 is 11.5 Å². The number of likely N-dealkylation sites (N-methyl/N-ethyl adjacent to an activating group) is 1. The molecule has 0 spiro atoms. The molecule has 1 rings (SSSR count). The first-order chi connectivity index (χ1) is 9.86. The third-order valence-corrected chi connectivity index (χ3v) is 3.47. The van der Waals surface area contributed by atoms with E-state index in [1.54, 1.807) is 6.92 Å². The Morgan fingerprint density at radius 1 is 1.33 bits per heavy atom. The Labute approximate surface area is 124 Å². The number of rotatable bonds is 7. The van der Waals surface area contributed by atoms with Gasteiger partial charge in [0.25, 0.3) is 11.8 Å². The molecule has 114 valence electrons. The van der Waals surface area contributed by atoms with Gasteiger partial charge in [0.2, 0.25) is 11.7 Å². The van der Waals surface area contributed by atoms with E-state index in [9.17, 15) is 19.2 Å². The largest absolute Gasteiger partial charge is 0.368 e. The number of nitrogens with zero attached hydrogens (tertiary/aromatic N) is 2. The molecule has 0 aliphatic carbocycles. The Morgan fingerprint density at radius 2 is 2.00 bits per heavy atom. The van der Waals surface area contributed by atoms with E-state index in [2.05, 4.69) is 20.2 Å². The summed E-state index contributed by atoms with van der Waals surface area (Å²) in [4.78, 5) is 45.9. The zero-order valence-electron chi connectivity index (χ0n) is 11.5. The van der Waals surface area contributed by atoms with Crippen molar-refractivity contribution in [3.8, 4) is 0 Å². The summed E-state index contributed by atoms with van der Waals surface area (Å²) in [7, 11) is 1.33. The van der Waals surface area contributed by atoms with Gasteiger partial charge >= 0.3 is 0 Å². The predicted octanol–water partition coefficient (Wildman–Crippen LogP) is -1.47. The summed E-state index contributed by atoms with van der Waals surface area (Å²) in [5.41, 5.74) is 5.61. The Balaban J connectivity index is 2.65. The number of Topliss-reactive ketones (excluding diaryl/α,β-unsaturated/α-hetero) is 1. The van der Waals surface area contributed by atoms with E-state index in [1.165, 1.54) is 7.05 Å². The molecule has 0 saturated carbocycles. The normalized spacial score (nSPS) is 11.5. The topological polar surface area (TPSA) is 144 Å². The number of aryl methyl sites for hydroxylation is 1. The fourth-order valence-corrected chi connectivity index (χ4v) is 2.04. The highest BCUT2D eigenvalue weighted by Crippen LogP contribution is 2.09. The number of hydrogen-bond donors (Lipinski definition) is 3. The summed E-state index contributed by atoms with van der Waals surface area (Å²) in [6.45, 7) is 1.60. The van der Waals surface area contributed by atoms with E-state index in [1.807, 2.05) is 0 Å². The van der Waals surface area contributed by atoms with Crippen molar-refractivity contribution in [2.75, 3.05) is 7.05 Å².